The van der Waals surface area contributed by atoms with Crippen molar-refractivity contribution in [2.45, 2.75) is 65.5 Å². The Hall–Kier alpha value is -0.860. The second-order valence-corrected chi connectivity index (χ2v) is 9.82. The van der Waals surface area contributed by atoms with Crippen LogP contribution < -0.4 is 10.0 Å². The summed E-state index contributed by atoms with van der Waals surface area (Å²) in [6.07, 6.45) is 2.56. The molecule has 1 aliphatic rings. The van der Waals surface area contributed by atoms with Gasteiger partial charge in [0.05, 0.1) is 5.75 Å². The molecular formula is C17H35N3O4S. The summed E-state index contributed by atoms with van der Waals surface area (Å²) >= 11 is 0. The summed E-state index contributed by atoms with van der Waals surface area (Å²) < 4.78 is 30.8. The van der Waals surface area contributed by atoms with Crippen LogP contribution in [0.1, 0.15) is 53.9 Å². The molecule has 1 heterocycles. The quantitative estimate of drug-likeness (QED) is 0.631. The molecule has 1 saturated heterocycles. The molecule has 0 aromatic rings. The second kappa shape index (κ2) is 9.73. The molecule has 0 aromatic heterocycles. The maximum absolute atomic E-state index is 12.2. The first kappa shape index (κ1) is 22.2. The SMILES string of the molecule is CCS(=O)(=O)NCCCN[C@@H](C)[C@@H]1CCCN(C(=O)OC(C)(C)C)C1. The summed E-state index contributed by atoms with van der Waals surface area (Å²) in [4.78, 5) is 14.0. The molecule has 0 bridgehead atoms. The molecule has 0 aromatic carbocycles. The fourth-order valence-electron chi connectivity index (χ4n) is 2.82. The summed E-state index contributed by atoms with van der Waals surface area (Å²) in [6.45, 7) is 12.0. The number of amides is 1. The van der Waals surface area contributed by atoms with E-state index >= 15 is 0 Å². The van der Waals surface area contributed by atoms with Gasteiger partial charge in [-0.2, -0.15) is 0 Å². The standard InChI is InChI=1S/C17H35N3O4S/c1-6-25(22,23)19-11-8-10-18-14(2)15-9-7-12-20(13-15)16(21)24-17(3,4)5/h14-15,18-19H,6-13H2,1-5H3/t14-,15+/m0/s1. The highest BCUT2D eigenvalue weighted by molar-refractivity contribution is 7.89. The van der Waals surface area contributed by atoms with E-state index in [4.69, 9.17) is 4.74 Å². The third-order valence-electron chi connectivity index (χ3n) is 4.34. The number of nitrogens with one attached hydrogen (secondary N) is 2. The number of hydrogen-bond donors (Lipinski definition) is 2. The van der Waals surface area contributed by atoms with E-state index in [1.165, 1.54) is 0 Å². The van der Waals surface area contributed by atoms with Crippen molar-refractivity contribution in [3.05, 3.63) is 0 Å². The molecule has 0 spiro atoms. The van der Waals surface area contributed by atoms with E-state index in [-0.39, 0.29) is 17.9 Å². The lowest BCUT2D eigenvalue weighted by atomic mass is 9.91. The molecule has 25 heavy (non-hydrogen) atoms. The Bertz CT molecular complexity index is 516. The maximum atomic E-state index is 12.2. The van der Waals surface area contributed by atoms with Crippen molar-refractivity contribution >= 4 is 16.1 Å². The smallest absolute Gasteiger partial charge is 0.410 e. The van der Waals surface area contributed by atoms with E-state index in [0.717, 1.165) is 32.4 Å². The molecule has 0 radical (unpaired) electrons. The van der Waals surface area contributed by atoms with Crippen LogP contribution in [-0.4, -0.2) is 63.0 Å². The normalized spacial score (nSPS) is 20.4. The van der Waals surface area contributed by atoms with Crippen molar-refractivity contribution in [1.29, 1.82) is 0 Å². The largest absolute Gasteiger partial charge is 0.444 e. The Morgan fingerprint density at radius 2 is 2.00 bits per heavy atom. The highest BCUT2D eigenvalue weighted by atomic mass is 32.2. The maximum Gasteiger partial charge on any atom is 0.410 e. The molecule has 8 heteroatoms. The molecule has 0 saturated carbocycles. The van der Waals surface area contributed by atoms with Crippen LogP contribution >= 0.6 is 0 Å². The second-order valence-electron chi connectivity index (χ2n) is 7.72. The molecule has 1 amide bonds. The van der Waals surface area contributed by atoms with Crippen LogP contribution in [0.4, 0.5) is 4.79 Å². The first-order chi connectivity index (χ1) is 11.5. The molecule has 0 aliphatic carbocycles. The first-order valence-electron chi connectivity index (χ1n) is 9.22. The van der Waals surface area contributed by atoms with Crippen molar-refractivity contribution in [3.8, 4) is 0 Å². The van der Waals surface area contributed by atoms with Crippen LogP contribution in [0.25, 0.3) is 0 Å². The Labute approximate surface area is 152 Å². The van der Waals surface area contributed by atoms with E-state index < -0.39 is 15.6 Å². The van der Waals surface area contributed by atoms with Crippen LogP contribution in [0.15, 0.2) is 0 Å². The van der Waals surface area contributed by atoms with Gasteiger partial charge < -0.3 is 15.0 Å². The van der Waals surface area contributed by atoms with Gasteiger partial charge in [0, 0.05) is 25.7 Å². The van der Waals surface area contributed by atoms with Crippen LogP contribution in [-0.2, 0) is 14.8 Å². The monoisotopic (exact) mass is 377 g/mol. The van der Waals surface area contributed by atoms with E-state index in [1.807, 2.05) is 20.8 Å². The number of carbonyl (C=O) groups is 1. The summed E-state index contributed by atoms with van der Waals surface area (Å²) in [7, 11) is -3.11. The van der Waals surface area contributed by atoms with Gasteiger partial charge >= 0.3 is 6.09 Å². The van der Waals surface area contributed by atoms with Crippen LogP contribution in [0.2, 0.25) is 0 Å². The highest BCUT2D eigenvalue weighted by Gasteiger charge is 2.29. The Morgan fingerprint density at radius 3 is 2.60 bits per heavy atom. The number of nitrogens with zero attached hydrogens (tertiary/aromatic N) is 1. The van der Waals surface area contributed by atoms with Gasteiger partial charge in [-0.05, 0) is 66.3 Å². The number of carbonyl (C=O) groups excluding carboxylic acids is 1. The van der Waals surface area contributed by atoms with Crippen molar-refractivity contribution in [1.82, 2.24) is 14.9 Å². The number of rotatable bonds is 8. The van der Waals surface area contributed by atoms with E-state index in [9.17, 15) is 13.2 Å². The molecule has 2 N–H and O–H groups in total. The average molecular weight is 378 g/mol. The fraction of sp³-hybridized carbons (Fsp3) is 0.941. The van der Waals surface area contributed by atoms with Gasteiger partial charge in [0.25, 0.3) is 0 Å². The molecular weight excluding hydrogens is 342 g/mol. The minimum Gasteiger partial charge on any atom is -0.444 e. The molecule has 7 nitrogen and oxygen atoms in total. The van der Waals surface area contributed by atoms with Crippen molar-refractivity contribution in [2.24, 2.45) is 5.92 Å². The summed E-state index contributed by atoms with van der Waals surface area (Å²) in [5.41, 5.74) is -0.473. The van der Waals surface area contributed by atoms with Crippen molar-refractivity contribution < 1.29 is 17.9 Å². The van der Waals surface area contributed by atoms with E-state index in [2.05, 4.69) is 17.0 Å². The van der Waals surface area contributed by atoms with Gasteiger partial charge in [0.1, 0.15) is 5.60 Å². The summed E-state index contributed by atoms with van der Waals surface area (Å²) in [6, 6.07) is 0.271. The number of hydrogen-bond acceptors (Lipinski definition) is 5. The first-order valence-corrected chi connectivity index (χ1v) is 10.9. The Morgan fingerprint density at radius 1 is 1.32 bits per heavy atom. The van der Waals surface area contributed by atoms with E-state index in [1.54, 1.807) is 11.8 Å². The summed E-state index contributed by atoms with van der Waals surface area (Å²) in [5.74, 6) is 0.493. The van der Waals surface area contributed by atoms with Crippen LogP contribution in [0, 0.1) is 5.92 Å². The van der Waals surface area contributed by atoms with Crippen molar-refractivity contribution in [3.63, 3.8) is 0 Å². The number of piperidine rings is 1. The topological polar surface area (TPSA) is 87.7 Å². The van der Waals surface area contributed by atoms with E-state index in [0.29, 0.717) is 19.0 Å². The van der Waals surface area contributed by atoms with Gasteiger partial charge in [-0.1, -0.05) is 0 Å². The van der Waals surface area contributed by atoms with Gasteiger partial charge in [-0.25, -0.2) is 17.9 Å². The average Bonchev–Trinajstić information content (AvgIpc) is 2.53. The minimum atomic E-state index is -3.11. The van der Waals surface area contributed by atoms with Gasteiger partial charge in [0.2, 0.25) is 10.0 Å². The zero-order valence-corrected chi connectivity index (χ0v) is 17.1. The van der Waals surface area contributed by atoms with Gasteiger partial charge in [0.15, 0.2) is 0 Å². The molecule has 0 unspecified atom stereocenters. The van der Waals surface area contributed by atoms with Gasteiger partial charge in [-0.3, -0.25) is 0 Å². The zero-order valence-electron chi connectivity index (χ0n) is 16.3. The van der Waals surface area contributed by atoms with Gasteiger partial charge in [-0.15, -0.1) is 0 Å². The highest BCUT2D eigenvalue weighted by Crippen LogP contribution is 2.21. The lowest BCUT2D eigenvalue weighted by Crippen LogP contribution is -2.48. The number of sulfonamides is 1. The third-order valence-corrected chi connectivity index (χ3v) is 5.74. The predicted octanol–water partition coefficient (Wildman–Crippen LogP) is 1.94. The molecule has 1 rings (SSSR count). The van der Waals surface area contributed by atoms with Crippen LogP contribution in [0.3, 0.4) is 0 Å². The Kier molecular flexibility index (Phi) is 8.63. The molecule has 1 fully saturated rings. The minimum absolute atomic E-state index is 0.111. The third kappa shape index (κ3) is 8.87. The Balaban J connectivity index is 2.33. The number of ether oxygens (including phenoxy) is 1. The lowest BCUT2D eigenvalue weighted by molar-refractivity contribution is 0.0148. The predicted molar refractivity (Wildman–Crippen MR) is 100 cm³/mol. The number of likely N-dealkylation sites (tertiary alicyclic amines) is 1. The van der Waals surface area contributed by atoms with Crippen molar-refractivity contribution in [2.75, 3.05) is 31.9 Å². The molecule has 1 aliphatic heterocycles. The fourth-order valence-corrected chi connectivity index (χ4v) is 3.48. The zero-order chi connectivity index (χ0) is 19.1. The molecule has 148 valence electrons. The molecule has 2 atom stereocenters. The summed E-state index contributed by atoms with van der Waals surface area (Å²) in [5, 5.41) is 3.45. The lowest BCUT2D eigenvalue weighted by Gasteiger charge is -2.36. The van der Waals surface area contributed by atoms with Crippen LogP contribution in [0.5, 0.6) is 0 Å².